The molecule has 140 valence electrons. The molecule has 0 aliphatic heterocycles. The Morgan fingerprint density at radius 1 is 1.15 bits per heavy atom. The Hall–Kier alpha value is -2.52. The summed E-state index contributed by atoms with van der Waals surface area (Å²) in [6.45, 7) is 3.65. The highest BCUT2D eigenvalue weighted by atomic mass is 32.2. The van der Waals surface area contributed by atoms with Gasteiger partial charge in [-0.15, -0.1) is 0 Å². The SMILES string of the molecule is CCN(CC)S(=O)(=O)c1ccc(OCc2ccccc2F)c([N+](=O)[O-])c1. The Bertz CT molecular complexity index is 898. The zero-order chi connectivity index (χ0) is 19.3. The molecule has 2 rings (SSSR count). The third-order valence-electron chi connectivity index (χ3n) is 3.81. The maximum atomic E-state index is 13.6. The summed E-state index contributed by atoms with van der Waals surface area (Å²) in [6, 6.07) is 9.33. The largest absolute Gasteiger partial charge is 0.482 e. The van der Waals surface area contributed by atoms with Crippen molar-refractivity contribution in [1.82, 2.24) is 4.31 Å². The van der Waals surface area contributed by atoms with Crippen LogP contribution >= 0.6 is 0 Å². The predicted octanol–water partition coefficient (Wildman–Crippen LogP) is 3.34. The van der Waals surface area contributed by atoms with Gasteiger partial charge in [0.1, 0.15) is 12.4 Å². The van der Waals surface area contributed by atoms with Crippen LogP contribution in [0.15, 0.2) is 47.4 Å². The van der Waals surface area contributed by atoms with Crippen LogP contribution in [0.3, 0.4) is 0 Å². The van der Waals surface area contributed by atoms with E-state index in [2.05, 4.69) is 0 Å². The van der Waals surface area contributed by atoms with Crippen molar-refractivity contribution in [3.63, 3.8) is 0 Å². The fraction of sp³-hybridized carbons (Fsp3) is 0.294. The molecule has 7 nitrogen and oxygen atoms in total. The number of nitro benzene ring substituents is 1. The molecule has 0 N–H and O–H groups in total. The molecular weight excluding hydrogens is 363 g/mol. The maximum absolute atomic E-state index is 13.6. The van der Waals surface area contributed by atoms with E-state index in [0.717, 1.165) is 6.07 Å². The zero-order valence-electron chi connectivity index (χ0n) is 14.4. The lowest BCUT2D eigenvalue weighted by molar-refractivity contribution is -0.386. The highest BCUT2D eigenvalue weighted by Crippen LogP contribution is 2.31. The Labute approximate surface area is 151 Å². The summed E-state index contributed by atoms with van der Waals surface area (Å²) in [6.07, 6.45) is 0. The van der Waals surface area contributed by atoms with Gasteiger partial charge in [0.15, 0.2) is 5.75 Å². The number of nitro groups is 1. The average molecular weight is 382 g/mol. The summed E-state index contributed by atoms with van der Waals surface area (Å²) in [5.41, 5.74) is -0.254. The molecule has 0 heterocycles. The molecule has 0 unspecified atom stereocenters. The van der Waals surface area contributed by atoms with Crippen molar-refractivity contribution >= 4 is 15.7 Å². The monoisotopic (exact) mass is 382 g/mol. The first-order chi connectivity index (χ1) is 12.3. The van der Waals surface area contributed by atoms with E-state index in [-0.39, 0.29) is 35.9 Å². The van der Waals surface area contributed by atoms with Gasteiger partial charge in [0.25, 0.3) is 0 Å². The van der Waals surface area contributed by atoms with Gasteiger partial charge in [0.05, 0.1) is 9.82 Å². The Balaban J connectivity index is 2.35. The van der Waals surface area contributed by atoms with Gasteiger partial charge in [-0.05, 0) is 18.2 Å². The van der Waals surface area contributed by atoms with E-state index in [4.69, 9.17) is 4.74 Å². The fourth-order valence-corrected chi connectivity index (χ4v) is 3.88. The van der Waals surface area contributed by atoms with Crippen molar-refractivity contribution in [1.29, 1.82) is 0 Å². The summed E-state index contributed by atoms with van der Waals surface area (Å²) >= 11 is 0. The van der Waals surface area contributed by atoms with Crippen molar-refractivity contribution in [2.24, 2.45) is 0 Å². The van der Waals surface area contributed by atoms with Crippen LogP contribution in [0.1, 0.15) is 19.4 Å². The Kier molecular flexibility index (Phi) is 6.27. The van der Waals surface area contributed by atoms with E-state index in [9.17, 15) is 22.9 Å². The van der Waals surface area contributed by atoms with Gasteiger partial charge in [0, 0.05) is 24.7 Å². The molecule has 2 aromatic rings. The maximum Gasteiger partial charge on any atom is 0.312 e. The number of ether oxygens (including phenoxy) is 1. The van der Waals surface area contributed by atoms with Crippen molar-refractivity contribution < 1.29 is 22.5 Å². The van der Waals surface area contributed by atoms with Gasteiger partial charge in [-0.3, -0.25) is 10.1 Å². The summed E-state index contributed by atoms with van der Waals surface area (Å²) < 4.78 is 45.2. The van der Waals surface area contributed by atoms with Crippen LogP contribution < -0.4 is 4.74 Å². The van der Waals surface area contributed by atoms with Crippen LogP contribution in [0.2, 0.25) is 0 Å². The molecule has 9 heteroatoms. The van der Waals surface area contributed by atoms with Crippen LogP contribution in [-0.4, -0.2) is 30.7 Å². The van der Waals surface area contributed by atoms with E-state index >= 15 is 0 Å². The fourth-order valence-electron chi connectivity index (χ4n) is 2.41. The normalized spacial score (nSPS) is 11.5. The molecule has 0 saturated carbocycles. The van der Waals surface area contributed by atoms with Crippen LogP contribution in [0, 0.1) is 15.9 Å². The lowest BCUT2D eigenvalue weighted by Crippen LogP contribution is -2.30. The first-order valence-electron chi connectivity index (χ1n) is 7.96. The van der Waals surface area contributed by atoms with Crippen LogP contribution in [0.25, 0.3) is 0 Å². The van der Waals surface area contributed by atoms with Crippen molar-refractivity contribution in [3.05, 3.63) is 64.0 Å². The highest BCUT2D eigenvalue weighted by Gasteiger charge is 2.26. The molecule has 2 aromatic carbocycles. The Morgan fingerprint density at radius 2 is 1.81 bits per heavy atom. The highest BCUT2D eigenvalue weighted by molar-refractivity contribution is 7.89. The second-order valence-electron chi connectivity index (χ2n) is 5.36. The number of nitrogens with zero attached hydrogens (tertiary/aromatic N) is 2. The quantitative estimate of drug-likeness (QED) is 0.516. The average Bonchev–Trinajstić information content (AvgIpc) is 2.61. The lowest BCUT2D eigenvalue weighted by Gasteiger charge is -2.18. The molecule has 0 amide bonds. The van der Waals surface area contributed by atoms with Crippen LogP contribution in [-0.2, 0) is 16.6 Å². The number of rotatable bonds is 8. The minimum atomic E-state index is -3.83. The van der Waals surface area contributed by atoms with Gasteiger partial charge < -0.3 is 4.74 Å². The minimum absolute atomic E-state index is 0.128. The van der Waals surface area contributed by atoms with E-state index in [1.54, 1.807) is 19.9 Å². The summed E-state index contributed by atoms with van der Waals surface area (Å²) in [5, 5.41) is 11.3. The summed E-state index contributed by atoms with van der Waals surface area (Å²) in [4.78, 5) is 10.4. The van der Waals surface area contributed by atoms with Crippen molar-refractivity contribution in [2.45, 2.75) is 25.3 Å². The molecule has 0 atom stereocenters. The third-order valence-corrected chi connectivity index (χ3v) is 5.86. The van der Waals surface area contributed by atoms with Gasteiger partial charge in [-0.2, -0.15) is 4.31 Å². The van der Waals surface area contributed by atoms with Gasteiger partial charge >= 0.3 is 5.69 Å². The van der Waals surface area contributed by atoms with Crippen LogP contribution in [0.4, 0.5) is 10.1 Å². The first kappa shape index (κ1) is 19.8. The first-order valence-corrected chi connectivity index (χ1v) is 9.40. The number of halogens is 1. The predicted molar refractivity (Wildman–Crippen MR) is 93.9 cm³/mol. The molecular formula is C17H19FN2O5S. The van der Waals surface area contributed by atoms with Gasteiger partial charge in [0.2, 0.25) is 10.0 Å². The molecule has 0 fully saturated rings. The molecule has 0 radical (unpaired) electrons. The van der Waals surface area contributed by atoms with E-state index in [0.29, 0.717) is 0 Å². The second kappa shape index (κ2) is 8.24. The minimum Gasteiger partial charge on any atom is -0.482 e. The lowest BCUT2D eigenvalue weighted by atomic mass is 10.2. The molecule has 0 saturated heterocycles. The number of benzene rings is 2. The summed E-state index contributed by atoms with van der Waals surface area (Å²) in [7, 11) is -3.83. The molecule has 0 aliphatic rings. The number of sulfonamides is 1. The molecule has 0 aromatic heterocycles. The molecule has 0 spiro atoms. The molecule has 26 heavy (non-hydrogen) atoms. The number of hydrogen-bond acceptors (Lipinski definition) is 5. The molecule has 0 aliphatic carbocycles. The zero-order valence-corrected chi connectivity index (χ0v) is 15.2. The van der Waals surface area contributed by atoms with Gasteiger partial charge in [-0.1, -0.05) is 32.0 Å². The number of hydrogen-bond donors (Lipinski definition) is 0. The topological polar surface area (TPSA) is 89.8 Å². The van der Waals surface area contributed by atoms with E-state index in [1.165, 1.54) is 34.6 Å². The smallest absolute Gasteiger partial charge is 0.312 e. The van der Waals surface area contributed by atoms with Crippen molar-refractivity contribution in [3.8, 4) is 5.75 Å². The summed E-state index contributed by atoms with van der Waals surface area (Å²) in [5.74, 6) is -0.618. The molecule has 0 bridgehead atoms. The van der Waals surface area contributed by atoms with Crippen molar-refractivity contribution in [2.75, 3.05) is 13.1 Å². The van der Waals surface area contributed by atoms with E-state index in [1.807, 2.05) is 0 Å². The second-order valence-corrected chi connectivity index (χ2v) is 7.29. The third kappa shape index (κ3) is 4.17. The van der Waals surface area contributed by atoms with Crippen LogP contribution in [0.5, 0.6) is 5.75 Å². The standard InChI is InChI=1S/C17H19FN2O5S/c1-3-19(4-2)26(23,24)14-9-10-17(16(11-14)20(21)22)25-12-13-7-5-6-8-15(13)18/h5-11H,3-4,12H2,1-2H3. The van der Waals surface area contributed by atoms with Gasteiger partial charge in [-0.25, -0.2) is 12.8 Å². The van der Waals surface area contributed by atoms with E-state index < -0.39 is 26.5 Å². The Morgan fingerprint density at radius 3 is 2.38 bits per heavy atom.